The third-order valence-electron chi connectivity index (χ3n) is 4.65. The summed E-state index contributed by atoms with van der Waals surface area (Å²) < 4.78 is 5.22. The highest BCUT2D eigenvalue weighted by molar-refractivity contribution is 7.99. The molecule has 3 heterocycles. The van der Waals surface area contributed by atoms with Crippen molar-refractivity contribution in [3.8, 4) is 17.1 Å². The summed E-state index contributed by atoms with van der Waals surface area (Å²) in [5.41, 5.74) is 3.67. The van der Waals surface area contributed by atoms with E-state index in [1.54, 1.807) is 7.11 Å². The molecule has 1 fully saturated rings. The summed E-state index contributed by atoms with van der Waals surface area (Å²) in [5, 5.41) is 0. The Morgan fingerprint density at radius 1 is 1.32 bits per heavy atom. The van der Waals surface area contributed by atoms with Crippen molar-refractivity contribution in [3.63, 3.8) is 0 Å². The smallest absolute Gasteiger partial charge is 0.137 e. The number of aromatic amines is 1. The first-order chi connectivity index (χ1) is 10.8. The van der Waals surface area contributed by atoms with E-state index in [9.17, 15) is 0 Å². The van der Waals surface area contributed by atoms with Crippen molar-refractivity contribution >= 4 is 11.8 Å². The van der Waals surface area contributed by atoms with Crippen LogP contribution in [0.1, 0.15) is 17.8 Å². The summed E-state index contributed by atoms with van der Waals surface area (Å²) in [5.74, 6) is 4.46. The van der Waals surface area contributed by atoms with Gasteiger partial charge in [0.1, 0.15) is 11.6 Å². The Balaban J connectivity index is 1.55. The van der Waals surface area contributed by atoms with Gasteiger partial charge in [-0.25, -0.2) is 4.98 Å². The molecule has 1 atom stereocenters. The average molecular weight is 315 g/mol. The third-order valence-corrected chi connectivity index (χ3v) is 5.79. The predicted molar refractivity (Wildman–Crippen MR) is 90.4 cm³/mol. The maximum absolute atomic E-state index is 5.22. The van der Waals surface area contributed by atoms with Gasteiger partial charge in [0.05, 0.1) is 18.5 Å². The molecule has 116 valence electrons. The Morgan fingerprint density at radius 3 is 2.91 bits per heavy atom. The van der Waals surface area contributed by atoms with E-state index in [1.165, 1.54) is 29.3 Å². The lowest BCUT2D eigenvalue weighted by atomic mass is 10.1. The maximum atomic E-state index is 5.22. The van der Waals surface area contributed by atoms with Crippen LogP contribution in [-0.4, -0.2) is 46.1 Å². The van der Waals surface area contributed by atoms with E-state index in [0.29, 0.717) is 0 Å². The van der Waals surface area contributed by atoms with Gasteiger partial charge in [-0.3, -0.25) is 4.90 Å². The van der Waals surface area contributed by atoms with E-state index in [4.69, 9.17) is 9.72 Å². The number of H-pyrrole nitrogens is 1. The monoisotopic (exact) mass is 315 g/mol. The van der Waals surface area contributed by atoms with Crippen LogP contribution in [0.3, 0.4) is 0 Å². The number of benzene rings is 1. The summed E-state index contributed by atoms with van der Waals surface area (Å²) in [6.45, 7) is 2.16. The van der Waals surface area contributed by atoms with Crippen LogP contribution < -0.4 is 4.74 Å². The Hall–Kier alpha value is -1.46. The van der Waals surface area contributed by atoms with Gasteiger partial charge in [0.25, 0.3) is 0 Å². The number of nitrogens with zero attached hydrogens (tertiary/aromatic N) is 2. The Kier molecular flexibility index (Phi) is 3.84. The molecule has 1 N–H and O–H groups in total. The molecule has 0 saturated carbocycles. The largest absolute Gasteiger partial charge is 0.497 e. The second kappa shape index (κ2) is 5.97. The SMILES string of the molecule is COc1ccc(-c2nc3c([nH]2)CN([C@@H]2CCSC2)CC3)cc1. The molecule has 1 aromatic heterocycles. The van der Waals surface area contributed by atoms with Crippen LogP contribution in [0.15, 0.2) is 24.3 Å². The number of aromatic nitrogens is 2. The molecule has 22 heavy (non-hydrogen) atoms. The average Bonchev–Trinajstić information content (AvgIpc) is 3.23. The zero-order valence-electron chi connectivity index (χ0n) is 12.8. The summed E-state index contributed by atoms with van der Waals surface area (Å²) in [6, 6.07) is 8.85. The molecule has 2 aliphatic heterocycles. The molecule has 0 amide bonds. The lowest BCUT2D eigenvalue weighted by molar-refractivity contribution is 0.191. The van der Waals surface area contributed by atoms with E-state index in [-0.39, 0.29) is 0 Å². The zero-order chi connectivity index (χ0) is 14.9. The first-order valence-corrected chi connectivity index (χ1v) is 9.03. The molecule has 2 aliphatic rings. The Labute approximate surface area is 135 Å². The minimum Gasteiger partial charge on any atom is -0.497 e. The number of hydrogen-bond donors (Lipinski definition) is 1. The van der Waals surface area contributed by atoms with Crippen molar-refractivity contribution in [1.82, 2.24) is 14.9 Å². The lowest BCUT2D eigenvalue weighted by Crippen LogP contribution is -2.39. The minimum absolute atomic E-state index is 0.755. The van der Waals surface area contributed by atoms with E-state index in [2.05, 4.69) is 33.8 Å². The van der Waals surface area contributed by atoms with Crippen LogP contribution in [0, 0.1) is 0 Å². The van der Waals surface area contributed by atoms with E-state index >= 15 is 0 Å². The van der Waals surface area contributed by atoms with Gasteiger partial charge in [0.15, 0.2) is 0 Å². The number of nitrogens with one attached hydrogen (secondary N) is 1. The molecule has 1 aromatic carbocycles. The number of imidazole rings is 1. The Morgan fingerprint density at radius 2 is 2.18 bits per heavy atom. The van der Waals surface area contributed by atoms with Crippen LogP contribution >= 0.6 is 11.8 Å². The number of ether oxygens (including phenoxy) is 1. The van der Waals surface area contributed by atoms with Gasteiger partial charge in [-0.15, -0.1) is 0 Å². The lowest BCUT2D eigenvalue weighted by Gasteiger charge is -2.31. The van der Waals surface area contributed by atoms with Gasteiger partial charge in [0.2, 0.25) is 0 Å². The maximum Gasteiger partial charge on any atom is 0.137 e. The van der Waals surface area contributed by atoms with Gasteiger partial charge in [-0.2, -0.15) is 11.8 Å². The van der Waals surface area contributed by atoms with Crippen LogP contribution in [0.4, 0.5) is 0 Å². The molecular weight excluding hydrogens is 294 g/mol. The molecule has 4 nitrogen and oxygen atoms in total. The number of fused-ring (bicyclic) bond motifs is 1. The molecule has 1 saturated heterocycles. The van der Waals surface area contributed by atoms with Crippen LogP contribution in [0.5, 0.6) is 5.75 Å². The summed E-state index contributed by atoms with van der Waals surface area (Å²) in [4.78, 5) is 11.0. The summed E-state index contributed by atoms with van der Waals surface area (Å²) >= 11 is 2.08. The number of rotatable bonds is 3. The second-order valence-electron chi connectivity index (χ2n) is 5.98. The quantitative estimate of drug-likeness (QED) is 0.945. The first-order valence-electron chi connectivity index (χ1n) is 7.87. The van der Waals surface area contributed by atoms with Gasteiger partial charge in [0, 0.05) is 36.9 Å². The molecule has 4 rings (SSSR count). The molecule has 2 aromatic rings. The summed E-state index contributed by atoms with van der Waals surface area (Å²) in [7, 11) is 1.69. The third kappa shape index (κ3) is 2.63. The fourth-order valence-corrected chi connectivity index (χ4v) is 4.58. The highest BCUT2D eigenvalue weighted by Gasteiger charge is 2.28. The van der Waals surface area contributed by atoms with Crippen LogP contribution in [-0.2, 0) is 13.0 Å². The first kappa shape index (κ1) is 14.2. The van der Waals surface area contributed by atoms with Gasteiger partial charge in [-0.1, -0.05) is 0 Å². The van der Waals surface area contributed by atoms with Crippen molar-refractivity contribution in [1.29, 1.82) is 0 Å². The number of thioether (sulfide) groups is 1. The predicted octanol–water partition coefficient (Wildman–Crippen LogP) is 2.95. The number of hydrogen-bond acceptors (Lipinski definition) is 4. The highest BCUT2D eigenvalue weighted by Crippen LogP contribution is 2.29. The molecule has 0 radical (unpaired) electrons. The Bertz CT molecular complexity index is 646. The molecule has 0 spiro atoms. The molecule has 0 aliphatic carbocycles. The van der Waals surface area contributed by atoms with E-state index in [1.807, 2.05) is 12.1 Å². The molecular formula is C17H21N3OS. The van der Waals surface area contributed by atoms with Crippen molar-refractivity contribution in [2.45, 2.75) is 25.4 Å². The van der Waals surface area contributed by atoms with Crippen molar-refractivity contribution in [2.24, 2.45) is 0 Å². The van der Waals surface area contributed by atoms with E-state index < -0.39 is 0 Å². The summed E-state index contributed by atoms with van der Waals surface area (Å²) in [6.07, 6.45) is 2.39. The minimum atomic E-state index is 0.755. The highest BCUT2D eigenvalue weighted by atomic mass is 32.2. The van der Waals surface area contributed by atoms with Crippen molar-refractivity contribution in [3.05, 3.63) is 35.7 Å². The topological polar surface area (TPSA) is 41.1 Å². The number of methoxy groups -OCH3 is 1. The molecule has 5 heteroatoms. The van der Waals surface area contributed by atoms with Crippen LogP contribution in [0.25, 0.3) is 11.4 Å². The zero-order valence-corrected chi connectivity index (χ0v) is 13.7. The molecule has 0 bridgehead atoms. The van der Waals surface area contributed by atoms with Gasteiger partial charge >= 0.3 is 0 Å². The van der Waals surface area contributed by atoms with Crippen LogP contribution in [0.2, 0.25) is 0 Å². The van der Waals surface area contributed by atoms with Gasteiger partial charge in [-0.05, 0) is 36.4 Å². The van der Waals surface area contributed by atoms with Gasteiger partial charge < -0.3 is 9.72 Å². The van der Waals surface area contributed by atoms with E-state index in [0.717, 1.165) is 42.7 Å². The molecule has 0 unspecified atom stereocenters. The fourth-order valence-electron chi connectivity index (χ4n) is 3.32. The standard InChI is InChI=1S/C17H21N3OS/c1-21-14-4-2-12(3-5-14)17-18-15-6-8-20(10-16(15)19-17)13-7-9-22-11-13/h2-5,13H,6-11H2,1H3,(H,18,19)/t13-/m1/s1. The normalized spacial score (nSPS) is 21.8. The fraction of sp³-hybridized carbons (Fsp3) is 0.471. The van der Waals surface area contributed by atoms with Crippen molar-refractivity contribution in [2.75, 3.05) is 25.2 Å². The van der Waals surface area contributed by atoms with Crippen molar-refractivity contribution < 1.29 is 4.74 Å². The second-order valence-corrected chi connectivity index (χ2v) is 7.13.